The van der Waals surface area contributed by atoms with Gasteiger partial charge in [0, 0.05) is 9.52 Å². The summed E-state index contributed by atoms with van der Waals surface area (Å²) in [4.78, 5) is 0. The Labute approximate surface area is 140 Å². The Hall–Kier alpha value is 0.437. The Morgan fingerprint density at radius 1 is 1.33 bits per heavy atom. The van der Waals surface area contributed by atoms with E-state index in [0.717, 1.165) is 12.2 Å². The number of rotatable bonds is 7. The van der Waals surface area contributed by atoms with Crippen molar-refractivity contribution in [3.05, 3.63) is 41.1 Å². The lowest BCUT2D eigenvalue weighted by atomic mass is 10.1. The van der Waals surface area contributed by atoms with Crippen LogP contribution in [0.2, 0.25) is 6.04 Å². The summed E-state index contributed by atoms with van der Waals surface area (Å²) in [5.74, 6) is 1.05. The van der Waals surface area contributed by atoms with Crippen molar-refractivity contribution in [3.8, 4) is 5.75 Å². The summed E-state index contributed by atoms with van der Waals surface area (Å²) < 4.78 is 6.01. The molecule has 18 heavy (non-hydrogen) atoms. The molecule has 0 unspecified atom stereocenters. The minimum Gasteiger partial charge on any atom is -0.470 e. The smallest absolute Gasteiger partial charge is 0.199 e. The van der Waals surface area contributed by atoms with E-state index in [0.29, 0.717) is 0 Å². The predicted molar refractivity (Wildman–Crippen MR) is 100 cm³/mol. The van der Waals surface area contributed by atoms with Gasteiger partial charge >= 0.3 is 0 Å². The van der Waals surface area contributed by atoms with E-state index in [9.17, 15) is 0 Å². The number of hydrogen-bond donors (Lipinski definition) is 0. The van der Waals surface area contributed by atoms with Crippen molar-refractivity contribution in [3.63, 3.8) is 0 Å². The summed E-state index contributed by atoms with van der Waals surface area (Å²) in [5.41, 5.74) is 5.28. The van der Waals surface area contributed by atoms with Crippen LogP contribution in [0.15, 0.2) is 35.5 Å². The second-order valence-corrected chi connectivity index (χ2v) is 10.9. The molecule has 0 heterocycles. The Kier molecular flexibility index (Phi) is 8.57. The SMILES string of the molecule is CC(C)=C[SiH2]CCCc1ccccc1OC(I)I. The number of para-hydroxylation sites is 1. The Balaban J connectivity index is 2.44. The van der Waals surface area contributed by atoms with Crippen LogP contribution < -0.4 is 4.74 Å². The molecule has 0 saturated carbocycles. The zero-order valence-electron chi connectivity index (χ0n) is 11.0. The number of halogens is 2. The van der Waals surface area contributed by atoms with Gasteiger partial charge in [-0.1, -0.05) is 36.2 Å². The number of benzene rings is 1. The third-order valence-corrected chi connectivity index (χ3v) is 5.16. The lowest BCUT2D eigenvalue weighted by Gasteiger charge is -2.11. The molecule has 4 heteroatoms. The summed E-state index contributed by atoms with van der Waals surface area (Å²) >= 11 is 4.57. The first-order valence-electron chi connectivity index (χ1n) is 6.25. The fourth-order valence-corrected chi connectivity index (χ4v) is 3.64. The maximum absolute atomic E-state index is 5.81. The van der Waals surface area contributed by atoms with Gasteiger partial charge in [-0.25, -0.2) is 0 Å². The molecule has 0 aliphatic carbocycles. The van der Waals surface area contributed by atoms with Crippen LogP contribution in [-0.2, 0) is 6.42 Å². The number of allylic oxidation sites excluding steroid dienone is 1. The van der Waals surface area contributed by atoms with Gasteiger partial charge in [0.15, 0.2) is 2.12 Å². The summed E-state index contributed by atoms with van der Waals surface area (Å²) in [7, 11) is 0.00792. The molecular weight excluding hydrogens is 466 g/mol. The lowest BCUT2D eigenvalue weighted by Crippen LogP contribution is -2.01. The molecule has 0 radical (unpaired) electrons. The second kappa shape index (κ2) is 9.36. The Bertz CT molecular complexity index is 387. The molecule has 1 rings (SSSR count). The van der Waals surface area contributed by atoms with Gasteiger partial charge in [-0.15, -0.1) is 5.70 Å². The number of hydrogen-bond acceptors (Lipinski definition) is 1. The minimum absolute atomic E-state index is 0.00792. The normalized spacial score (nSPS) is 11.2. The van der Waals surface area contributed by atoms with Gasteiger partial charge in [-0.2, -0.15) is 0 Å². The maximum Gasteiger partial charge on any atom is 0.199 e. The van der Waals surface area contributed by atoms with Crippen molar-refractivity contribution in [1.29, 1.82) is 0 Å². The molecule has 0 aliphatic rings. The quantitative estimate of drug-likeness (QED) is 0.236. The summed E-state index contributed by atoms with van der Waals surface area (Å²) in [6, 6.07) is 9.80. The van der Waals surface area contributed by atoms with Gasteiger partial charge in [-0.3, -0.25) is 0 Å². The maximum atomic E-state index is 5.81. The van der Waals surface area contributed by atoms with E-state index in [1.807, 2.05) is 6.07 Å². The van der Waals surface area contributed by atoms with Crippen LogP contribution in [0, 0.1) is 0 Å². The first-order valence-corrected chi connectivity index (χ1v) is 10.6. The molecular formula is C14H20I2OSi. The molecule has 0 aliphatic heterocycles. The Morgan fingerprint density at radius 2 is 2.06 bits per heavy atom. The molecule has 0 atom stereocenters. The average molecular weight is 486 g/mol. The van der Waals surface area contributed by atoms with Crippen LogP contribution in [0.3, 0.4) is 0 Å². The van der Waals surface area contributed by atoms with Gasteiger partial charge in [0.25, 0.3) is 0 Å². The fraction of sp³-hybridized carbons (Fsp3) is 0.429. The summed E-state index contributed by atoms with van der Waals surface area (Å²) in [5, 5.41) is 0. The van der Waals surface area contributed by atoms with Crippen molar-refractivity contribution in [2.45, 2.75) is 34.9 Å². The van der Waals surface area contributed by atoms with Gasteiger partial charge in [0.1, 0.15) is 5.75 Å². The van der Waals surface area contributed by atoms with Crippen molar-refractivity contribution in [1.82, 2.24) is 0 Å². The van der Waals surface area contributed by atoms with Gasteiger partial charge in [0.05, 0.1) is 0 Å². The number of alkyl halides is 2. The first kappa shape index (κ1) is 16.5. The molecule has 0 fully saturated rings. The number of ether oxygens (including phenoxy) is 1. The second-order valence-electron chi connectivity index (χ2n) is 4.51. The molecule has 100 valence electrons. The average Bonchev–Trinajstić information content (AvgIpc) is 2.29. The largest absolute Gasteiger partial charge is 0.470 e. The molecule has 0 bridgehead atoms. The molecule has 1 aromatic carbocycles. The van der Waals surface area contributed by atoms with Gasteiger partial charge in [-0.05, 0) is 77.1 Å². The van der Waals surface area contributed by atoms with E-state index in [4.69, 9.17) is 4.74 Å². The van der Waals surface area contributed by atoms with E-state index in [1.54, 1.807) is 0 Å². The van der Waals surface area contributed by atoms with Crippen LogP contribution >= 0.6 is 45.2 Å². The molecule has 1 aromatic rings. The summed E-state index contributed by atoms with van der Waals surface area (Å²) in [6.07, 6.45) is 2.42. The zero-order chi connectivity index (χ0) is 13.4. The fourth-order valence-electron chi connectivity index (χ4n) is 1.77. The van der Waals surface area contributed by atoms with Crippen LogP contribution in [0.5, 0.6) is 5.75 Å². The molecule has 0 amide bonds. The third kappa shape index (κ3) is 7.13. The summed E-state index contributed by atoms with van der Waals surface area (Å²) in [6.45, 7) is 4.38. The number of aryl methyl sites for hydroxylation is 1. The molecule has 1 nitrogen and oxygen atoms in total. The van der Waals surface area contributed by atoms with E-state index in [-0.39, 0.29) is 11.6 Å². The molecule has 0 spiro atoms. The molecule has 0 saturated heterocycles. The van der Waals surface area contributed by atoms with E-state index < -0.39 is 0 Å². The van der Waals surface area contributed by atoms with Gasteiger partial charge < -0.3 is 4.74 Å². The topological polar surface area (TPSA) is 9.23 Å². The van der Waals surface area contributed by atoms with E-state index in [2.05, 4.69) is 82.9 Å². The highest BCUT2D eigenvalue weighted by molar-refractivity contribution is 14.2. The highest BCUT2D eigenvalue weighted by atomic mass is 127. The van der Waals surface area contributed by atoms with Crippen LogP contribution in [0.4, 0.5) is 0 Å². The first-order chi connectivity index (χ1) is 8.59. The highest BCUT2D eigenvalue weighted by Crippen LogP contribution is 2.24. The third-order valence-electron chi connectivity index (χ3n) is 2.64. The van der Waals surface area contributed by atoms with Crippen molar-refractivity contribution in [2.75, 3.05) is 0 Å². The van der Waals surface area contributed by atoms with Crippen molar-refractivity contribution < 1.29 is 4.74 Å². The Morgan fingerprint density at radius 3 is 2.72 bits per heavy atom. The zero-order valence-corrected chi connectivity index (χ0v) is 16.7. The standard InChI is InChI=1S/C14H20I2OSi/c1-11(2)10-18-9-5-7-12-6-3-4-8-13(12)17-14(15)16/h3-4,6,8,10,14H,5,7,9,18H2,1-2H3. The van der Waals surface area contributed by atoms with Gasteiger partial charge in [0.2, 0.25) is 0 Å². The van der Waals surface area contributed by atoms with E-state index in [1.165, 1.54) is 23.6 Å². The van der Waals surface area contributed by atoms with E-state index >= 15 is 0 Å². The monoisotopic (exact) mass is 486 g/mol. The highest BCUT2D eigenvalue weighted by Gasteiger charge is 2.05. The minimum atomic E-state index is 0.00792. The van der Waals surface area contributed by atoms with Crippen LogP contribution in [0.25, 0.3) is 0 Å². The molecule has 0 N–H and O–H groups in total. The molecule has 0 aromatic heterocycles. The predicted octanol–water partition coefficient (Wildman–Crippen LogP) is 4.66. The van der Waals surface area contributed by atoms with Crippen molar-refractivity contribution in [2.24, 2.45) is 0 Å². The van der Waals surface area contributed by atoms with Crippen LogP contribution in [-0.4, -0.2) is 11.6 Å². The van der Waals surface area contributed by atoms with Crippen molar-refractivity contribution >= 4 is 54.7 Å². The lowest BCUT2D eigenvalue weighted by molar-refractivity contribution is 0.385. The van der Waals surface area contributed by atoms with Crippen LogP contribution in [0.1, 0.15) is 25.8 Å².